The lowest BCUT2D eigenvalue weighted by molar-refractivity contribution is 0.322. The maximum absolute atomic E-state index is 6.93. The highest BCUT2D eigenvalue weighted by atomic mass is 16.5. The van der Waals surface area contributed by atoms with E-state index in [0.29, 0.717) is 5.92 Å². The van der Waals surface area contributed by atoms with Gasteiger partial charge in [-0.25, -0.2) is 9.97 Å². The van der Waals surface area contributed by atoms with Crippen molar-refractivity contribution in [2.75, 3.05) is 0 Å². The summed E-state index contributed by atoms with van der Waals surface area (Å²) in [6.45, 7) is 0. The van der Waals surface area contributed by atoms with Gasteiger partial charge in [-0.1, -0.05) is 158 Å². The van der Waals surface area contributed by atoms with Gasteiger partial charge in [-0.2, -0.15) is 0 Å². The Bertz CT molecular complexity index is 2970. The molecule has 57 heavy (non-hydrogen) atoms. The molecule has 0 bridgehead atoms. The number of ether oxygens (including phenoxy) is 1. The van der Waals surface area contributed by atoms with Gasteiger partial charge in [0.25, 0.3) is 0 Å². The van der Waals surface area contributed by atoms with Gasteiger partial charge in [0.05, 0.1) is 16.8 Å². The summed E-state index contributed by atoms with van der Waals surface area (Å²) in [5, 5.41) is 2.58. The Morgan fingerprint density at radius 1 is 0.614 bits per heavy atom. The fraction of sp³-hybridized carbons (Fsp3) is 0.111. The van der Waals surface area contributed by atoms with E-state index in [1.54, 1.807) is 0 Å². The predicted molar refractivity (Wildman–Crippen MR) is 231 cm³/mol. The molecule has 4 unspecified atom stereocenters. The van der Waals surface area contributed by atoms with E-state index in [4.69, 9.17) is 14.7 Å². The highest BCUT2D eigenvalue weighted by Crippen LogP contribution is 2.64. The molecule has 12 rings (SSSR count). The van der Waals surface area contributed by atoms with Crippen molar-refractivity contribution in [3.63, 3.8) is 0 Å². The van der Waals surface area contributed by atoms with Crippen molar-refractivity contribution in [1.82, 2.24) is 9.97 Å². The second-order valence-corrected chi connectivity index (χ2v) is 16.0. The van der Waals surface area contributed by atoms with Gasteiger partial charge in [-0.05, 0) is 75.3 Å². The third-order valence-electron chi connectivity index (χ3n) is 12.9. The molecule has 0 N–H and O–H groups in total. The predicted octanol–water partition coefficient (Wildman–Crippen LogP) is 12.7. The Kier molecular flexibility index (Phi) is 7.16. The number of benzene rings is 6. The summed E-state index contributed by atoms with van der Waals surface area (Å²) < 4.78 is 6.93. The minimum Gasteiger partial charge on any atom is -0.461 e. The molecule has 0 fully saturated rings. The van der Waals surface area contributed by atoms with Crippen LogP contribution in [0.4, 0.5) is 0 Å². The van der Waals surface area contributed by atoms with Crippen LogP contribution in [0.2, 0.25) is 0 Å². The lowest BCUT2D eigenvalue weighted by atomic mass is 9.60. The second kappa shape index (κ2) is 12.6. The molecule has 2 heterocycles. The topological polar surface area (TPSA) is 35.0 Å². The van der Waals surface area contributed by atoms with E-state index in [1.807, 2.05) is 0 Å². The monoisotopic (exact) mass is 730 g/mol. The quantitative estimate of drug-likeness (QED) is 0.181. The Labute approximate surface area is 332 Å². The van der Waals surface area contributed by atoms with Gasteiger partial charge in [0.1, 0.15) is 11.5 Å². The van der Waals surface area contributed by atoms with Gasteiger partial charge in [0, 0.05) is 52.0 Å². The van der Waals surface area contributed by atoms with Gasteiger partial charge in [0.2, 0.25) is 0 Å². The summed E-state index contributed by atoms with van der Waals surface area (Å²) in [5.41, 5.74) is 13.9. The minimum absolute atomic E-state index is 0.131. The first-order valence-corrected chi connectivity index (χ1v) is 20.1. The zero-order valence-corrected chi connectivity index (χ0v) is 31.3. The Morgan fingerprint density at radius 3 is 2.33 bits per heavy atom. The molecule has 0 amide bonds. The van der Waals surface area contributed by atoms with E-state index in [9.17, 15) is 0 Å². The SMILES string of the molecule is C1=CC2c3ccccc3C3(C4=C(CC(c5cccc(-c6nc(-c7ccccc7)cc(-c7cc8c9c(cccc9c7)CC=C8)n6)c5)C=C4)Oc4ccccc43)C2C=C1. The Balaban J connectivity index is 0.955. The zero-order chi connectivity index (χ0) is 37.5. The number of para-hydroxylation sites is 1. The Hall–Kier alpha value is -6.84. The average Bonchev–Trinajstić information content (AvgIpc) is 3.57. The second-order valence-electron chi connectivity index (χ2n) is 16.0. The summed E-state index contributed by atoms with van der Waals surface area (Å²) in [4.78, 5) is 10.5. The van der Waals surface area contributed by atoms with Crippen molar-refractivity contribution in [2.24, 2.45) is 5.92 Å². The molecule has 3 heteroatoms. The van der Waals surface area contributed by atoms with Gasteiger partial charge in [0.15, 0.2) is 5.82 Å². The number of rotatable bonds is 4. The first-order valence-electron chi connectivity index (χ1n) is 20.1. The molecule has 1 aromatic heterocycles. The van der Waals surface area contributed by atoms with Crippen LogP contribution in [-0.2, 0) is 11.8 Å². The maximum atomic E-state index is 6.93. The molecule has 3 nitrogen and oxygen atoms in total. The molecular formula is C54H38N2O. The standard InChI is InChI=1S/C54H38N2O/c1-2-13-34(14-3-1)48-33-49(41-30-38-18-10-15-35-16-11-19-39(31-41)52(35)38)56-53(55-48)40-20-12-17-36(29-40)37-27-28-47-51(32-37)57-50-26-9-8-25-46(50)54(47)44-23-6-4-21-42(44)43-22-5-7-24-45(43)54/h1-15,17-31,33,37,42,44H,16,32H2. The van der Waals surface area contributed by atoms with Crippen molar-refractivity contribution in [3.05, 3.63) is 227 Å². The number of allylic oxidation sites excluding steroid dienone is 9. The molecule has 4 aliphatic carbocycles. The van der Waals surface area contributed by atoms with Crippen molar-refractivity contribution >= 4 is 16.8 Å². The zero-order valence-electron chi connectivity index (χ0n) is 31.3. The van der Waals surface area contributed by atoms with Crippen LogP contribution >= 0.6 is 0 Å². The van der Waals surface area contributed by atoms with Gasteiger partial charge >= 0.3 is 0 Å². The van der Waals surface area contributed by atoms with E-state index < -0.39 is 0 Å². The smallest absolute Gasteiger partial charge is 0.160 e. The van der Waals surface area contributed by atoms with Crippen LogP contribution in [0.15, 0.2) is 193 Å². The lowest BCUT2D eigenvalue weighted by Crippen LogP contribution is -2.40. The van der Waals surface area contributed by atoms with Crippen LogP contribution in [0.1, 0.15) is 51.6 Å². The molecule has 0 radical (unpaired) electrons. The molecule has 7 aromatic rings. The number of hydrogen-bond donors (Lipinski definition) is 0. The first-order chi connectivity index (χ1) is 28.2. The van der Waals surface area contributed by atoms with Crippen LogP contribution in [0.5, 0.6) is 5.75 Å². The largest absolute Gasteiger partial charge is 0.461 e. The summed E-state index contributed by atoms with van der Waals surface area (Å²) in [6, 6.07) is 50.4. The molecule has 1 aliphatic heterocycles. The van der Waals surface area contributed by atoms with Crippen LogP contribution in [0.25, 0.3) is 50.8 Å². The summed E-state index contributed by atoms with van der Waals surface area (Å²) in [7, 11) is 0. The van der Waals surface area contributed by atoms with E-state index in [2.05, 4.69) is 188 Å². The van der Waals surface area contributed by atoms with Gasteiger partial charge in [-0.15, -0.1) is 0 Å². The van der Waals surface area contributed by atoms with Crippen LogP contribution < -0.4 is 4.74 Å². The molecule has 4 atom stereocenters. The molecular weight excluding hydrogens is 693 g/mol. The molecule has 1 spiro atoms. The fourth-order valence-corrected chi connectivity index (χ4v) is 10.5. The molecule has 0 saturated carbocycles. The highest BCUT2D eigenvalue weighted by Gasteiger charge is 2.57. The van der Waals surface area contributed by atoms with Gasteiger partial charge in [-0.3, -0.25) is 0 Å². The van der Waals surface area contributed by atoms with Gasteiger partial charge < -0.3 is 4.74 Å². The summed E-state index contributed by atoms with van der Waals surface area (Å²) in [6.07, 6.45) is 20.3. The van der Waals surface area contributed by atoms with E-state index in [1.165, 1.54) is 49.7 Å². The third kappa shape index (κ3) is 4.91. The van der Waals surface area contributed by atoms with Crippen molar-refractivity contribution < 1.29 is 4.74 Å². The number of nitrogens with zero attached hydrogens (tertiary/aromatic N) is 2. The molecule has 270 valence electrons. The van der Waals surface area contributed by atoms with Crippen molar-refractivity contribution in [3.8, 4) is 39.7 Å². The van der Waals surface area contributed by atoms with Crippen molar-refractivity contribution in [1.29, 1.82) is 0 Å². The van der Waals surface area contributed by atoms with E-state index >= 15 is 0 Å². The average molecular weight is 731 g/mol. The van der Waals surface area contributed by atoms with Crippen LogP contribution in [-0.4, -0.2) is 9.97 Å². The molecule has 5 aliphatic rings. The van der Waals surface area contributed by atoms with E-state index in [0.717, 1.165) is 58.3 Å². The summed E-state index contributed by atoms with van der Waals surface area (Å²) in [5.74, 6) is 3.46. The van der Waals surface area contributed by atoms with Crippen LogP contribution in [0, 0.1) is 5.92 Å². The maximum Gasteiger partial charge on any atom is 0.160 e. The van der Waals surface area contributed by atoms with Crippen LogP contribution in [0.3, 0.4) is 0 Å². The number of fused-ring (bicyclic) bond motifs is 8. The third-order valence-corrected chi connectivity index (χ3v) is 12.9. The minimum atomic E-state index is -0.323. The van der Waals surface area contributed by atoms with Crippen molar-refractivity contribution in [2.45, 2.75) is 30.1 Å². The number of aromatic nitrogens is 2. The normalized spacial score (nSPS) is 21.9. The molecule has 6 aromatic carbocycles. The fourth-order valence-electron chi connectivity index (χ4n) is 10.5. The Morgan fingerprint density at radius 2 is 1.40 bits per heavy atom. The van der Waals surface area contributed by atoms with E-state index in [-0.39, 0.29) is 17.3 Å². The number of hydrogen-bond acceptors (Lipinski definition) is 3. The molecule has 0 saturated heterocycles. The first kappa shape index (κ1) is 32.4. The lowest BCUT2D eigenvalue weighted by Gasteiger charge is -2.45. The summed E-state index contributed by atoms with van der Waals surface area (Å²) >= 11 is 0. The highest BCUT2D eigenvalue weighted by molar-refractivity contribution is 5.98.